The molecule has 3 N–H and O–H groups in total. The second-order valence-corrected chi connectivity index (χ2v) is 4.88. The highest BCUT2D eigenvalue weighted by Gasteiger charge is 2.10. The van der Waals surface area contributed by atoms with E-state index in [1.807, 2.05) is 23.8 Å². The van der Waals surface area contributed by atoms with Gasteiger partial charge in [-0.05, 0) is 40.9 Å². The first-order valence-electron chi connectivity index (χ1n) is 5.82. The van der Waals surface area contributed by atoms with E-state index < -0.39 is 6.10 Å². The summed E-state index contributed by atoms with van der Waals surface area (Å²) >= 11 is 1.51. The summed E-state index contributed by atoms with van der Waals surface area (Å²) in [4.78, 5) is 15.6. The molecule has 0 aromatic carbocycles. The van der Waals surface area contributed by atoms with Crippen LogP contribution >= 0.6 is 11.3 Å². The largest absolute Gasteiger partial charge is 0.387 e. The number of hydrogen-bond acceptors (Lipinski definition) is 4. The molecule has 0 aliphatic rings. The zero-order chi connectivity index (χ0) is 13.7. The molecule has 19 heavy (non-hydrogen) atoms. The number of carbonyl (C=O) groups excluding carboxylic acids is 1. The minimum absolute atomic E-state index is 0.173. The van der Waals surface area contributed by atoms with Crippen LogP contribution in [0.5, 0.6) is 0 Å². The molecule has 1 unspecified atom stereocenters. The van der Waals surface area contributed by atoms with Crippen LogP contribution in [0.3, 0.4) is 0 Å². The molecule has 2 rings (SSSR count). The molecule has 2 aromatic heterocycles. The van der Waals surface area contributed by atoms with E-state index in [4.69, 9.17) is 0 Å². The van der Waals surface area contributed by atoms with Crippen LogP contribution in [0, 0.1) is 6.92 Å². The molecule has 0 saturated carbocycles. The number of anilines is 1. The van der Waals surface area contributed by atoms with Crippen LogP contribution in [0.4, 0.5) is 10.5 Å². The second-order valence-electron chi connectivity index (χ2n) is 4.10. The first-order valence-corrected chi connectivity index (χ1v) is 6.76. The van der Waals surface area contributed by atoms with Crippen LogP contribution in [0.15, 0.2) is 35.3 Å². The summed E-state index contributed by atoms with van der Waals surface area (Å²) in [6, 6.07) is 3.22. The van der Waals surface area contributed by atoms with E-state index in [2.05, 4.69) is 15.6 Å². The van der Waals surface area contributed by atoms with Gasteiger partial charge in [0.2, 0.25) is 0 Å². The Morgan fingerprint density at radius 2 is 2.37 bits per heavy atom. The van der Waals surface area contributed by atoms with E-state index in [1.165, 1.54) is 11.3 Å². The van der Waals surface area contributed by atoms with Crippen molar-refractivity contribution in [3.05, 3.63) is 46.4 Å². The first kappa shape index (κ1) is 13.5. The molecule has 0 saturated heterocycles. The van der Waals surface area contributed by atoms with Gasteiger partial charge < -0.3 is 15.7 Å². The van der Waals surface area contributed by atoms with Crippen molar-refractivity contribution < 1.29 is 9.90 Å². The molecule has 0 radical (unpaired) electrons. The van der Waals surface area contributed by atoms with Crippen LogP contribution in [-0.2, 0) is 0 Å². The highest BCUT2D eigenvalue weighted by Crippen LogP contribution is 2.15. The number of carbonyl (C=O) groups is 1. The highest BCUT2D eigenvalue weighted by atomic mass is 32.1. The van der Waals surface area contributed by atoms with Crippen molar-refractivity contribution in [2.75, 3.05) is 11.9 Å². The zero-order valence-electron chi connectivity index (χ0n) is 10.5. The molecule has 0 fully saturated rings. The number of aromatic nitrogens is 1. The number of aryl methyl sites for hydroxylation is 1. The van der Waals surface area contributed by atoms with Gasteiger partial charge >= 0.3 is 6.03 Å². The Morgan fingerprint density at radius 3 is 3.05 bits per heavy atom. The normalized spacial score (nSPS) is 11.9. The third-order valence-corrected chi connectivity index (χ3v) is 3.35. The molecule has 100 valence electrons. The maximum Gasteiger partial charge on any atom is 0.319 e. The third kappa shape index (κ3) is 3.77. The van der Waals surface area contributed by atoms with E-state index in [-0.39, 0.29) is 12.6 Å². The standard InChI is InChI=1S/C13H15N3O2S/c1-9-6-14-4-2-11(9)16-13(18)15-7-12(17)10-3-5-19-8-10/h2-6,8,12,17H,7H2,1H3,(H2,14,15,16,18). The van der Waals surface area contributed by atoms with Gasteiger partial charge in [-0.2, -0.15) is 11.3 Å². The number of hydrogen-bond donors (Lipinski definition) is 3. The fourth-order valence-electron chi connectivity index (χ4n) is 1.55. The fraction of sp³-hybridized carbons (Fsp3) is 0.231. The van der Waals surface area contributed by atoms with E-state index in [1.54, 1.807) is 18.5 Å². The third-order valence-electron chi connectivity index (χ3n) is 2.65. The molecule has 2 heterocycles. The lowest BCUT2D eigenvalue weighted by Crippen LogP contribution is -2.32. The minimum atomic E-state index is -0.685. The van der Waals surface area contributed by atoms with Crippen LogP contribution in [0.25, 0.3) is 0 Å². The topological polar surface area (TPSA) is 74.2 Å². The van der Waals surface area contributed by atoms with Crippen molar-refractivity contribution >= 4 is 23.1 Å². The lowest BCUT2D eigenvalue weighted by Gasteiger charge is -2.12. The maximum absolute atomic E-state index is 11.7. The van der Waals surface area contributed by atoms with E-state index in [0.29, 0.717) is 5.69 Å². The zero-order valence-corrected chi connectivity index (χ0v) is 11.3. The van der Waals surface area contributed by atoms with Gasteiger partial charge in [-0.25, -0.2) is 4.79 Å². The highest BCUT2D eigenvalue weighted by molar-refractivity contribution is 7.07. The van der Waals surface area contributed by atoms with Crippen molar-refractivity contribution in [1.29, 1.82) is 0 Å². The van der Waals surface area contributed by atoms with Crippen molar-refractivity contribution in [3.63, 3.8) is 0 Å². The van der Waals surface area contributed by atoms with E-state index >= 15 is 0 Å². The van der Waals surface area contributed by atoms with Crippen LogP contribution < -0.4 is 10.6 Å². The number of aliphatic hydroxyl groups is 1. The van der Waals surface area contributed by atoms with Crippen molar-refractivity contribution in [1.82, 2.24) is 10.3 Å². The minimum Gasteiger partial charge on any atom is -0.387 e. The molecule has 5 nitrogen and oxygen atoms in total. The summed E-state index contributed by atoms with van der Waals surface area (Å²) in [5, 5.41) is 18.9. The Labute approximate surface area is 115 Å². The summed E-state index contributed by atoms with van der Waals surface area (Å²) < 4.78 is 0. The van der Waals surface area contributed by atoms with Gasteiger partial charge in [-0.3, -0.25) is 4.98 Å². The van der Waals surface area contributed by atoms with Gasteiger partial charge in [-0.1, -0.05) is 0 Å². The van der Waals surface area contributed by atoms with Crippen LogP contribution in [0.2, 0.25) is 0 Å². The molecular formula is C13H15N3O2S. The monoisotopic (exact) mass is 277 g/mol. The molecule has 2 amide bonds. The van der Waals surface area contributed by atoms with Crippen molar-refractivity contribution in [2.45, 2.75) is 13.0 Å². The summed E-state index contributed by atoms with van der Waals surface area (Å²) in [6.07, 6.45) is 2.61. The van der Waals surface area contributed by atoms with E-state index in [9.17, 15) is 9.90 Å². The average Bonchev–Trinajstić information content (AvgIpc) is 2.93. The predicted molar refractivity (Wildman–Crippen MR) is 75.3 cm³/mol. The summed E-state index contributed by atoms with van der Waals surface area (Å²) in [5.41, 5.74) is 2.40. The summed E-state index contributed by atoms with van der Waals surface area (Å²) in [7, 11) is 0. The van der Waals surface area contributed by atoms with Gasteiger partial charge in [0.05, 0.1) is 6.10 Å². The Hall–Kier alpha value is -1.92. The molecule has 2 aromatic rings. The number of urea groups is 1. The number of rotatable bonds is 4. The molecular weight excluding hydrogens is 262 g/mol. The first-order chi connectivity index (χ1) is 9.16. The second kappa shape index (κ2) is 6.31. The van der Waals surface area contributed by atoms with Gasteiger partial charge in [-0.15, -0.1) is 0 Å². The maximum atomic E-state index is 11.7. The number of amides is 2. The molecule has 0 aliphatic carbocycles. The Kier molecular flexibility index (Phi) is 4.48. The molecule has 0 bridgehead atoms. The lowest BCUT2D eigenvalue weighted by molar-refractivity contribution is 0.175. The van der Waals surface area contributed by atoms with Crippen LogP contribution in [-0.4, -0.2) is 22.7 Å². The van der Waals surface area contributed by atoms with Crippen molar-refractivity contribution in [3.8, 4) is 0 Å². The molecule has 6 heteroatoms. The van der Waals surface area contributed by atoms with Crippen LogP contribution in [0.1, 0.15) is 17.2 Å². The smallest absolute Gasteiger partial charge is 0.319 e. The van der Waals surface area contributed by atoms with Gasteiger partial charge in [0.1, 0.15) is 0 Å². The van der Waals surface area contributed by atoms with Gasteiger partial charge in [0.15, 0.2) is 0 Å². The number of nitrogens with one attached hydrogen (secondary N) is 2. The molecule has 0 aliphatic heterocycles. The fourth-order valence-corrected chi connectivity index (χ4v) is 2.26. The lowest BCUT2D eigenvalue weighted by atomic mass is 10.2. The number of nitrogens with zero attached hydrogens (tertiary/aromatic N) is 1. The molecule has 0 spiro atoms. The predicted octanol–water partition coefficient (Wildman–Crippen LogP) is 2.31. The Morgan fingerprint density at radius 1 is 1.53 bits per heavy atom. The summed E-state index contributed by atoms with van der Waals surface area (Å²) in [5.74, 6) is 0. The van der Waals surface area contributed by atoms with Gasteiger partial charge in [0, 0.05) is 24.6 Å². The average molecular weight is 277 g/mol. The Bertz CT molecular complexity index is 543. The number of thiophene rings is 1. The number of aliphatic hydroxyl groups excluding tert-OH is 1. The quantitative estimate of drug-likeness (QED) is 0.803. The van der Waals surface area contributed by atoms with Gasteiger partial charge in [0.25, 0.3) is 0 Å². The molecule has 1 atom stereocenters. The Balaban J connectivity index is 1.84. The number of pyridine rings is 1. The SMILES string of the molecule is Cc1cnccc1NC(=O)NCC(O)c1ccsc1. The van der Waals surface area contributed by atoms with E-state index in [0.717, 1.165) is 11.1 Å². The van der Waals surface area contributed by atoms with Crippen molar-refractivity contribution in [2.24, 2.45) is 0 Å². The summed E-state index contributed by atoms with van der Waals surface area (Å²) in [6.45, 7) is 2.04.